The summed E-state index contributed by atoms with van der Waals surface area (Å²) in [5.41, 5.74) is 1.99. The highest BCUT2D eigenvalue weighted by molar-refractivity contribution is 7.16. The molecule has 0 amide bonds. The zero-order valence-corrected chi connectivity index (χ0v) is 12.8. The molecule has 108 valence electrons. The minimum atomic E-state index is -0.789. The summed E-state index contributed by atoms with van der Waals surface area (Å²) in [6, 6.07) is 2.34. The molecule has 1 N–H and O–H groups in total. The topological polar surface area (TPSA) is 64.3 Å². The van der Waals surface area contributed by atoms with Gasteiger partial charge in [0.25, 0.3) is 0 Å². The van der Waals surface area contributed by atoms with E-state index in [9.17, 15) is 10.1 Å². The van der Waals surface area contributed by atoms with Gasteiger partial charge in [0.05, 0.1) is 11.5 Å². The average molecular weight is 292 g/mol. The standard InChI is InChI=1S/C15H20N2O2S/c1-3-17(9-10(2)15(18)19)14-12(8-16)11-6-4-5-7-13(11)20-14/h10H,3-7,9H2,1-2H3,(H,18,19). The first-order valence-corrected chi connectivity index (χ1v) is 7.92. The van der Waals surface area contributed by atoms with Crippen molar-refractivity contribution < 1.29 is 9.90 Å². The molecule has 0 radical (unpaired) electrons. The Morgan fingerprint density at radius 2 is 2.20 bits per heavy atom. The summed E-state index contributed by atoms with van der Waals surface area (Å²) < 4.78 is 0. The molecule has 0 fully saturated rings. The lowest BCUT2D eigenvalue weighted by Gasteiger charge is -2.23. The van der Waals surface area contributed by atoms with Gasteiger partial charge in [-0.15, -0.1) is 11.3 Å². The Bertz CT molecular complexity index is 545. The number of carboxylic acid groups (broad SMARTS) is 1. The van der Waals surface area contributed by atoms with Gasteiger partial charge in [-0.25, -0.2) is 0 Å². The first-order chi connectivity index (χ1) is 9.58. The number of rotatable bonds is 5. The van der Waals surface area contributed by atoms with E-state index in [0.29, 0.717) is 6.54 Å². The predicted molar refractivity (Wildman–Crippen MR) is 80.4 cm³/mol. The molecule has 1 heterocycles. The third kappa shape index (κ3) is 2.80. The van der Waals surface area contributed by atoms with E-state index in [1.54, 1.807) is 18.3 Å². The van der Waals surface area contributed by atoms with Gasteiger partial charge in [0.2, 0.25) is 0 Å². The van der Waals surface area contributed by atoms with Crippen LogP contribution in [0.4, 0.5) is 5.00 Å². The van der Waals surface area contributed by atoms with Gasteiger partial charge in [-0.1, -0.05) is 6.92 Å². The fraction of sp³-hybridized carbons (Fsp3) is 0.600. The highest BCUT2D eigenvalue weighted by Crippen LogP contribution is 2.39. The van der Waals surface area contributed by atoms with Crippen LogP contribution in [-0.4, -0.2) is 24.2 Å². The van der Waals surface area contributed by atoms with Crippen LogP contribution in [0.5, 0.6) is 0 Å². The van der Waals surface area contributed by atoms with Gasteiger partial charge in [0, 0.05) is 18.0 Å². The van der Waals surface area contributed by atoms with E-state index in [2.05, 4.69) is 6.07 Å². The summed E-state index contributed by atoms with van der Waals surface area (Å²) in [7, 11) is 0. The smallest absolute Gasteiger partial charge is 0.308 e. The molecule has 1 aromatic heterocycles. The number of fused-ring (bicyclic) bond motifs is 1. The Balaban J connectivity index is 2.32. The first-order valence-electron chi connectivity index (χ1n) is 7.10. The fourth-order valence-corrected chi connectivity index (χ4v) is 4.06. The number of anilines is 1. The van der Waals surface area contributed by atoms with Gasteiger partial charge in [0.1, 0.15) is 11.1 Å². The molecule has 1 aliphatic carbocycles. The Morgan fingerprint density at radius 1 is 1.50 bits per heavy atom. The largest absolute Gasteiger partial charge is 0.481 e. The minimum absolute atomic E-state index is 0.430. The van der Waals surface area contributed by atoms with Gasteiger partial charge in [-0.2, -0.15) is 5.26 Å². The second-order valence-corrected chi connectivity index (χ2v) is 6.36. The first kappa shape index (κ1) is 14.9. The van der Waals surface area contributed by atoms with Crippen molar-refractivity contribution in [2.24, 2.45) is 5.92 Å². The third-order valence-corrected chi connectivity index (χ3v) is 5.20. The number of thiophene rings is 1. The van der Waals surface area contributed by atoms with Crippen molar-refractivity contribution in [1.82, 2.24) is 0 Å². The lowest BCUT2D eigenvalue weighted by Crippen LogP contribution is -2.31. The summed E-state index contributed by atoms with van der Waals surface area (Å²) in [6.07, 6.45) is 4.38. The van der Waals surface area contributed by atoms with Crippen LogP contribution in [0.1, 0.15) is 42.7 Å². The van der Waals surface area contributed by atoms with Crippen molar-refractivity contribution in [3.05, 3.63) is 16.0 Å². The van der Waals surface area contributed by atoms with Crippen LogP contribution in [0.15, 0.2) is 0 Å². The van der Waals surface area contributed by atoms with Gasteiger partial charge in [-0.3, -0.25) is 4.79 Å². The van der Waals surface area contributed by atoms with E-state index in [-0.39, 0.29) is 0 Å². The van der Waals surface area contributed by atoms with E-state index in [1.165, 1.54) is 16.9 Å². The van der Waals surface area contributed by atoms with Crippen LogP contribution in [0.2, 0.25) is 0 Å². The maximum absolute atomic E-state index is 11.0. The zero-order valence-electron chi connectivity index (χ0n) is 12.0. The average Bonchev–Trinajstić information content (AvgIpc) is 2.82. The molecule has 4 nitrogen and oxygen atoms in total. The predicted octanol–water partition coefficient (Wildman–Crippen LogP) is 3.05. The van der Waals surface area contributed by atoms with E-state index in [0.717, 1.165) is 36.4 Å². The Hall–Kier alpha value is -1.54. The second-order valence-electron chi connectivity index (χ2n) is 5.28. The number of nitrogens with zero attached hydrogens (tertiary/aromatic N) is 2. The summed E-state index contributed by atoms with van der Waals surface area (Å²) in [5, 5.41) is 19.5. The van der Waals surface area contributed by atoms with Crippen molar-refractivity contribution in [3.63, 3.8) is 0 Å². The van der Waals surface area contributed by atoms with Crippen LogP contribution in [0, 0.1) is 17.2 Å². The minimum Gasteiger partial charge on any atom is -0.481 e. The van der Waals surface area contributed by atoms with Crippen LogP contribution in [0.3, 0.4) is 0 Å². The van der Waals surface area contributed by atoms with Crippen LogP contribution >= 0.6 is 11.3 Å². The van der Waals surface area contributed by atoms with Gasteiger partial charge in [0.15, 0.2) is 0 Å². The monoisotopic (exact) mass is 292 g/mol. The SMILES string of the molecule is CCN(CC(C)C(=O)O)c1sc2c(c1C#N)CCCC2. The van der Waals surface area contributed by atoms with Crippen molar-refractivity contribution in [2.75, 3.05) is 18.0 Å². The Morgan fingerprint density at radius 3 is 2.80 bits per heavy atom. The molecule has 0 saturated carbocycles. The zero-order chi connectivity index (χ0) is 14.7. The molecular formula is C15H20N2O2S. The molecule has 20 heavy (non-hydrogen) atoms. The molecule has 0 bridgehead atoms. The number of aliphatic carboxylic acids is 1. The lowest BCUT2D eigenvalue weighted by atomic mass is 9.96. The molecule has 0 aromatic carbocycles. The lowest BCUT2D eigenvalue weighted by molar-refractivity contribution is -0.140. The van der Waals surface area contributed by atoms with Crippen LogP contribution < -0.4 is 4.90 Å². The molecule has 5 heteroatoms. The number of carboxylic acids is 1. The van der Waals surface area contributed by atoms with Crippen molar-refractivity contribution in [2.45, 2.75) is 39.5 Å². The highest BCUT2D eigenvalue weighted by atomic mass is 32.1. The third-order valence-electron chi connectivity index (χ3n) is 3.85. The van der Waals surface area contributed by atoms with Crippen LogP contribution in [0.25, 0.3) is 0 Å². The highest BCUT2D eigenvalue weighted by Gasteiger charge is 2.25. The van der Waals surface area contributed by atoms with E-state index >= 15 is 0 Å². The fourth-order valence-electron chi connectivity index (χ4n) is 2.65. The summed E-state index contributed by atoms with van der Waals surface area (Å²) in [6.45, 7) is 4.91. The molecule has 0 saturated heterocycles. The maximum Gasteiger partial charge on any atom is 0.308 e. The van der Waals surface area contributed by atoms with Crippen molar-refractivity contribution >= 4 is 22.3 Å². The van der Waals surface area contributed by atoms with Gasteiger partial charge < -0.3 is 10.0 Å². The normalized spacial score (nSPS) is 15.2. The number of aryl methyl sites for hydroxylation is 1. The van der Waals surface area contributed by atoms with Gasteiger partial charge in [-0.05, 0) is 38.2 Å². The summed E-state index contributed by atoms with van der Waals surface area (Å²) in [4.78, 5) is 14.4. The molecule has 0 spiro atoms. The van der Waals surface area contributed by atoms with Crippen molar-refractivity contribution in [3.8, 4) is 6.07 Å². The molecule has 1 aliphatic rings. The van der Waals surface area contributed by atoms with Gasteiger partial charge >= 0.3 is 5.97 Å². The molecule has 1 atom stereocenters. The molecule has 1 aromatic rings. The number of carbonyl (C=O) groups is 1. The maximum atomic E-state index is 11.0. The van der Waals surface area contributed by atoms with E-state index in [1.807, 2.05) is 11.8 Å². The number of hydrogen-bond acceptors (Lipinski definition) is 4. The number of nitriles is 1. The molecular weight excluding hydrogens is 272 g/mol. The van der Waals surface area contributed by atoms with Crippen molar-refractivity contribution in [1.29, 1.82) is 5.26 Å². The second kappa shape index (κ2) is 6.27. The molecule has 0 aliphatic heterocycles. The summed E-state index contributed by atoms with van der Waals surface area (Å²) >= 11 is 1.68. The Labute approximate surface area is 123 Å². The van der Waals surface area contributed by atoms with Crippen LogP contribution in [-0.2, 0) is 17.6 Å². The van der Waals surface area contributed by atoms with E-state index < -0.39 is 11.9 Å². The quantitative estimate of drug-likeness (QED) is 0.906. The molecule has 1 unspecified atom stereocenters. The van der Waals surface area contributed by atoms with E-state index in [4.69, 9.17) is 5.11 Å². The summed E-state index contributed by atoms with van der Waals surface area (Å²) in [5.74, 6) is -1.22. The Kier molecular flexibility index (Phi) is 4.66. The number of hydrogen-bond donors (Lipinski definition) is 1. The molecule has 2 rings (SSSR count).